The van der Waals surface area contributed by atoms with Crippen LogP contribution in [-0.2, 0) is 0 Å². The third-order valence-corrected chi connectivity index (χ3v) is 6.99. The van der Waals surface area contributed by atoms with Gasteiger partial charge in [0.25, 0.3) is 0 Å². The van der Waals surface area contributed by atoms with E-state index >= 15 is 0 Å². The number of hydrogen-bond donors (Lipinski definition) is 2. The molecule has 0 bridgehead atoms. The zero-order valence-electron chi connectivity index (χ0n) is 17.2. The molecule has 3 aromatic carbocycles. The predicted molar refractivity (Wildman–Crippen MR) is 136 cm³/mol. The highest BCUT2D eigenvalue weighted by Gasteiger charge is 2.23. The van der Waals surface area contributed by atoms with E-state index in [-0.39, 0.29) is 0 Å². The van der Waals surface area contributed by atoms with Gasteiger partial charge in [-0.05, 0) is 24.3 Å². The summed E-state index contributed by atoms with van der Waals surface area (Å²) in [4.78, 5) is 5.98. The number of anilines is 2. The van der Waals surface area contributed by atoms with Gasteiger partial charge in [0, 0.05) is 21.0 Å². The third kappa shape index (κ3) is 2.79. The molecule has 4 N–H and O–H groups in total. The fraction of sp³-hybridized carbons (Fsp3) is 0. The average molecular weight is 433 g/mol. The van der Waals surface area contributed by atoms with E-state index in [0.29, 0.717) is 5.69 Å². The summed E-state index contributed by atoms with van der Waals surface area (Å²) in [6.45, 7) is 0. The number of pyridine rings is 1. The minimum absolute atomic E-state index is 0.714. The van der Waals surface area contributed by atoms with Crippen molar-refractivity contribution in [2.45, 2.75) is 0 Å². The lowest BCUT2D eigenvalue weighted by molar-refractivity contribution is 1.06. The first kappa shape index (κ1) is 18.7. The van der Waals surface area contributed by atoms with Crippen LogP contribution in [0.3, 0.4) is 0 Å². The number of nitrogen functional groups attached to an aromatic ring is 2. The lowest BCUT2D eigenvalue weighted by atomic mass is 10.1. The molecule has 6 aromatic rings. The Morgan fingerprint density at radius 1 is 0.656 bits per heavy atom. The maximum atomic E-state index is 6.75. The summed E-state index contributed by atoms with van der Waals surface area (Å²) in [6, 6.07) is 32.6. The fourth-order valence-electron chi connectivity index (χ4n) is 4.29. The number of benzene rings is 3. The van der Waals surface area contributed by atoms with Gasteiger partial charge < -0.3 is 11.5 Å². The van der Waals surface area contributed by atoms with Crippen LogP contribution in [0.25, 0.3) is 48.6 Å². The van der Waals surface area contributed by atoms with Gasteiger partial charge in [-0.15, -0.1) is 11.3 Å². The fourth-order valence-corrected chi connectivity index (χ4v) is 5.46. The Bertz CT molecular complexity index is 1600. The predicted octanol–water partition coefficient (Wildman–Crippen LogP) is 6.74. The minimum Gasteiger partial charge on any atom is -0.397 e. The van der Waals surface area contributed by atoms with E-state index < -0.39 is 0 Å². The van der Waals surface area contributed by atoms with Gasteiger partial charge in [-0.25, -0.2) is 4.98 Å². The zero-order chi connectivity index (χ0) is 21.7. The summed E-state index contributed by atoms with van der Waals surface area (Å²) in [5.41, 5.74) is 18.7. The average Bonchev–Trinajstić information content (AvgIpc) is 3.34. The number of aromatic nitrogens is 2. The van der Waals surface area contributed by atoms with E-state index in [4.69, 9.17) is 16.5 Å². The van der Waals surface area contributed by atoms with E-state index in [2.05, 4.69) is 41.0 Å². The van der Waals surface area contributed by atoms with Crippen molar-refractivity contribution in [3.63, 3.8) is 0 Å². The van der Waals surface area contributed by atoms with E-state index in [1.165, 1.54) is 0 Å². The molecule has 0 atom stereocenters. The van der Waals surface area contributed by atoms with E-state index in [1.807, 2.05) is 60.7 Å². The van der Waals surface area contributed by atoms with Crippen LogP contribution in [0.2, 0.25) is 0 Å². The molecule has 0 spiro atoms. The van der Waals surface area contributed by atoms with Gasteiger partial charge in [0.1, 0.15) is 5.82 Å². The van der Waals surface area contributed by atoms with Crippen molar-refractivity contribution in [2.75, 3.05) is 11.5 Å². The summed E-state index contributed by atoms with van der Waals surface area (Å²) in [5, 5.41) is 2.04. The summed E-state index contributed by atoms with van der Waals surface area (Å²) in [5.74, 6) is 0.811. The summed E-state index contributed by atoms with van der Waals surface area (Å²) in [6.07, 6.45) is 0. The number of fused-ring (bicyclic) bond motifs is 2. The molecule has 6 rings (SSSR count). The number of nitrogens with two attached hydrogens (primary N) is 2. The first-order valence-electron chi connectivity index (χ1n) is 10.4. The van der Waals surface area contributed by atoms with Crippen molar-refractivity contribution in [1.82, 2.24) is 9.55 Å². The van der Waals surface area contributed by atoms with Crippen LogP contribution in [-0.4, -0.2) is 9.55 Å². The summed E-state index contributed by atoms with van der Waals surface area (Å²) in [7, 11) is 0. The molecule has 3 aromatic heterocycles. The first-order valence-corrected chi connectivity index (χ1v) is 11.2. The van der Waals surface area contributed by atoms with Crippen molar-refractivity contribution < 1.29 is 0 Å². The van der Waals surface area contributed by atoms with Gasteiger partial charge in [-0.2, -0.15) is 0 Å². The molecule has 0 saturated carbocycles. The van der Waals surface area contributed by atoms with Gasteiger partial charge >= 0.3 is 0 Å². The van der Waals surface area contributed by atoms with Gasteiger partial charge in [-0.1, -0.05) is 72.8 Å². The Morgan fingerprint density at radius 2 is 1.38 bits per heavy atom. The van der Waals surface area contributed by atoms with Gasteiger partial charge in [0.15, 0.2) is 0 Å². The molecule has 4 nitrogen and oxygen atoms in total. The van der Waals surface area contributed by atoms with Gasteiger partial charge in [0.2, 0.25) is 0 Å². The molecule has 154 valence electrons. The van der Waals surface area contributed by atoms with Crippen molar-refractivity contribution >= 4 is 43.7 Å². The molecule has 0 amide bonds. The SMILES string of the molecule is Nc1c(-c2c(N)c3ccccc3n2-c2cccc(-c3ccccc3)n2)sc2ccccc12. The number of rotatable bonds is 3. The lowest BCUT2D eigenvalue weighted by Crippen LogP contribution is -2.02. The molecular formula is C27H20N4S. The van der Waals surface area contributed by atoms with Crippen LogP contribution in [0.5, 0.6) is 0 Å². The van der Waals surface area contributed by atoms with Crippen LogP contribution in [0, 0.1) is 0 Å². The van der Waals surface area contributed by atoms with Crippen LogP contribution >= 0.6 is 11.3 Å². The van der Waals surface area contributed by atoms with E-state index in [9.17, 15) is 0 Å². The molecule has 32 heavy (non-hydrogen) atoms. The minimum atomic E-state index is 0.714. The second-order valence-electron chi connectivity index (χ2n) is 7.70. The zero-order valence-corrected chi connectivity index (χ0v) is 18.0. The molecule has 0 radical (unpaired) electrons. The van der Waals surface area contributed by atoms with Gasteiger partial charge in [-0.3, -0.25) is 4.57 Å². The van der Waals surface area contributed by atoms with Crippen LogP contribution in [0.4, 0.5) is 11.4 Å². The second kappa shape index (κ2) is 7.25. The second-order valence-corrected chi connectivity index (χ2v) is 8.76. The number of nitrogens with zero attached hydrogens (tertiary/aromatic N) is 2. The van der Waals surface area contributed by atoms with Crippen LogP contribution < -0.4 is 11.5 Å². The summed E-state index contributed by atoms with van der Waals surface area (Å²) >= 11 is 1.66. The molecule has 0 unspecified atom stereocenters. The summed E-state index contributed by atoms with van der Waals surface area (Å²) < 4.78 is 3.28. The largest absolute Gasteiger partial charge is 0.397 e. The maximum Gasteiger partial charge on any atom is 0.138 e. The molecule has 0 aliphatic carbocycles. The Hall–Kier alpha value is -4.09. The molecular weight excluding hydrogens is 412 g/mol. The number of hydrogen-bond acceptors (Lipinski definition) is 4. The Labute approximate surface area is 189 Å². The standard InChI is InChI=1S/C27H20N4S/c28-24-18-11-4-6-14-21(18)31(23-16-8-13-20(30-23)17-9-2-1-3-10-17)26(24)27-25(29)19-12-5-7-15-22(19)32-27/h1-16H,28-29H2. The highest BCUT2D eigenvalue weighted by molar-refractivity contribution is 7.23. The first-order chi connectivity index (χ1) is 15.7. The van der Waals surface area contributed by atoms with Crippen molar-refractivity contribution in [3.05, 3.63) is 97.1 Å². The molecule has 0 aliphatic heterocycles. The molecule has 3 heterocycles. The van der Waals surface area contributed by atoms with E-state index in [0.717, 1.165) is 54.3 Å². The molecule has 0 fully saturated rings. The topological polar surface area (TPSA) is 69.9 Å². The Kier molecular flexibility index (Phi) is 4.23. The molecule has 5 heteroatoms. The monoisotopic (exact) mass is 432 g/mol. The third-order valence-electron chi connectivity index (χ3n) is 5.80. The molecule has 0 saturated heterocycles. The van der Waals surface area contributed by atoms with Crippen molar-refractivity contribution in [1.29, 1.82) is 0 Å². The van der Waals surface area contributed by atoms with E-state index in [1.54, 1.807) is 11.3 Å². The highest BCUT2D eigenvalue weighted by atomic mass is 32.1. The highest BCUT2D eigenvalue weighted by Crippen LogP contribution is 2.46. The van der Waals surface area contributed by atoms with Crippen molar-refractivity contribution in [3.8, 4) is 27.6 Å². The normalized spacial score (nSPS) is 11.4. The quantitative estimate of drug-likeness (QED) is 0.325. The maximum absolute atomic E-state index is 6.75. The van der Waals surface area contributed by atoms with Crippen LogP contribution in [0.15, 0.2) is 97.1 Å². The smallest absolute Gasteiger partial charge is 0.138 e. The Morgan fingerprint density at radius 3 is 2.19 bits per heavy atom. The van der Waals surface area contributed by atoms with Crippen molar-refractivity contribution in [2.24, 2.45) is 0 Å². The number of thiophene rings is 1. The van der Waals surface area contributed by atoms with Crippen LogP contribution in [0.1, 0.15) is 0 Å². The van der Waals surface area contributed by atoms with Gasteiger partial charge in [0.05, 0.1) is 33.2 Å². The lowest BCUT2D eigenvalue weighted by Gasteiger charge is -2.12. The molecule has 0 aliphatic rings. The number of para-hydroxylation sites is 1. The Balaban J connectivity index is 1.67.